The number of halogens is 1. The summed E-state index contributed by atoms with van der Waals surface area (Å²) in [5.41, 5.74) is 7.82. The van der Waals surface area contributed by atoms with Crippen LogP contribution in [0.1, 0.15) is 26.7 Å². The topological polar surface area (TPSA) is 127 Å². The number of hydrogen-bond acceptors (Lipinski definition) is 8. The van der Waals surface area contributed by atoms with Crippen LogP contribution in [0.4, 0.5) is 11.8 Å². The second-order valence-corrected chi connectivity index (χ2v) is 9.39. The first-order valence-electron chi connectivity index (χ1n) is 11.3. The second kappa shape index (κ2) is 8.27. The molecule has 33 heavy (non-hydrogen) atoms. The van der Waals surface area contributed by atoms with Crippen molar-refractivity contribution >= 4 is 34.4 Å². The van der Waals surface area contributed by atoms with Crippen molar-refractivity contribution in [3.8, 4) is 11.3 Å². The summed E-state index contributed by atoms with van der Waals surface area (Å²) in [6.45, 7) is 6.90. The van der Waals surface area contributed by atoms with Gasteiger partial charge in [0, 0.05) is 49.9 Å². The monoisotopic (exact) mass is 472 g/mol. The minimum Gasteiger partial charge on any atom is -0.376 e. The molecule has 2 saturated heterocycles. The zero-order valence-electron chi connectivity index (χ0n) is 19.1. The number of pyridine rings is 1. The summed E-state index contributed by atoms with van der Waals surface area (Å²) in [4.78, 5) is 24.6. The number of hydrogen-bond donors (Lipinski definition) is 3. The Morgan fingerprint density at radius 1 is 1.39 bits per heavy atom. The molecule has 5 heterocycles. The second-order valence-electron chi connectivity index (χ2n) is 9.01. The van der Waals surface area contributed by atoms with Crippen LogP contribution in [0.25, 0.3) is 22.3 Å². The first-order valence-corrected chi connectivity index (χ1v) is 11.7. The van der Waals surface area contributed by atoms with Gasteiger partial charge in [-0.25, -0.2) is 4.98 Å². The molecular weight excluding hydrogens is 444 g/mol. The minimum atomic E-state index is -0.175. The fourth-order valence-corrected chi connectivity index (χ4v) is 5.34. The van der Waals surface area contributed by atoms with Crippen LogP contribution >= 0.6 is 11.6 Å². The van der Waals surface area contributed by atoms with Crippen LogP contribution in [0.5, 0.6) is 0 Å². The van der Waals surface area contributed by atoms with Crippen molar-refractivity contribution < 1.29 is 4.74 Å². The summed E-state index contributed by atoms with van der Waals surface area (Å²) in [6, 6.07) is 1.79. The fourth-order valence-electron chi connectivity index (χ4n) is 5.07. The van der Waals surface area contributed by atoms with Gasteiger partial charge in [0.15, 0.2) is 5.65 Å². The number of fused-ring (bicyclic) bond motifs is 1. The van der Waals surface area contributed by atoms with Gasteiger partial charge in [-0.05, 0) is 32.8 Å². The van der Waals surface area contributed by atoms with Gasteiger partial charge >= 0.3 is 0 Å². The van der Waals surface area contributed by atoms with Crippen LogP contribution in [-0.2, 0) is 11.8 Å². The van der Waals surface area contributed by atoms with Crippen molar-refractivity contribution in [2.24, 2.45) is 18.2 Å². The number of nitrogens with one attached hydrogen (secondary N) is 2. The molecule has 1 spiro atoms. The molecule has 0 saturated carbocycles. The quantitative estimate of drug-likeness (QED) is 0.527. The molecule has 10 nitrogen and oxygen atoms in total. The maximum absolute atomic E-state index is 13.4. The summed E-state index contributed by atoms with van der Waals surface area (Å²) in [6.07, 6.45) is 3.53. The summed E-state index contributed by atoms with van der Waals surface area (Å²) >= 11 is 6.57. The third kappa shape index (κ3) is 3.48. The maximum Gasteiger partial charge on any atom is 0.266 e. The van der Waals surface area contributed by atoms with Crippen LogP contribution in [-0.4, -0.2) is 63.1 Å². The Morgan fingerprint density at radius 3 is 2.82 bits per heavy atom. The van der Waals surface area contributed by atoms with Crippen LogP contribution in [0, 0.1) is 5.41 Å². The zero-order valence-corrected chi connectivity index (χ0v) is 19.8. The molecule has 2 fully saturated rings. The average Bonchev–Trinajstić information content (AvgIpc) is 3.36. The molecule has 176 valence electrons. The van der Waals surface area contributed by atoms with Crippen molar-refractivity contribution in [2.75, 3.05) is 36.5 Å². The van der Waals surface area contributed by atoms with Crippen molar-refractivity contribution in [1.29, 1.82) is 0 Å². The third-order valence-corrected chi connectivity index (χ3v) is 7.54. The summed E-state index contributed by atoms with van der Waals surface area (Å²) in [5.74, 6) is 1.17. The first kappa shape index (κ1) is 22.1. The van der Waals surface area contributed by atoms with E-state index in [1.165, 1.54) is 0 Å². The lowest BCUT2D eigenvalue weighted by atomic mass is 9.73. The Balaban J connectivity index is 1.49. The zero-order chi connectivity index (χ0) is 23.3. The summed E-state index contributed by atoms with van der Waals surface area (Å²) in [5, 5.41) is 11.3. The molecular formula is C22H29ClN8O2. The van der Waals surface area contributed by atoms with E-state index in [2.05, 4.69) is 25.4 Å². The Morgan fingerprint density at radius 2 is 2.15 bits per heavy atom. The highest BCUT2D eigenvalue weighted by molar-refractivity contribution is 6.35. The van der Waals surface area contributed by atoms with Crippen molar-refractivity contribution in [3.05, 3.63) is 27.6 Å². The van der Waals surface area contributed by atoms with Gasteiger partial charge in [-0.2, -0.15) is 10.1 Å². The number of piperidine rings is 1. The molecule has 2 aliphatic heterocycles. The molecule has 5 rings (SSSR count). The van der Waals surface area contributed by atoms with Gasteiger partial charge in [-0.15, -0.1) is 0 Å². The van der Waals surface area contributed by atoms with Gasteiger partial charge in [-0.1, -0.05) is 11.6 Å². The van der Waals surface area contributed by atoms with Gasteiger partial charge in [0.25, 0.3) is 5.56 Å². The number of nitrogens with two attached hydrogens (primary N) is 1. The van der Waals surface area contributed by atoms with Gasteiger partial charge < -0.3 is 20.7 Å². The number of aromatic nitrogens is 5. The van der Waals surface area contributed by atoms with E-state index >= 15 is 0 Å². The summed E-state index contributed by atoms with van der Waals surface area (Å²) < 4.78 is 7.42. The lowest BCUT2D eigenvalue weighted by Gasteiger charge is -2.41. The van der Waals surface area contributed by atoms with Crippen LogP contribution < -0.4 is 21.5 Å². The predicted octanol–water partition coefficient (Wildman–Crippen LogP) is 2.14. The van der Waals surface area contributed by atoms with Gasteiger partial charge in [0.05, 0.1) is 17.7 Å². The normalized spacial score (nSPS) is 22.4. The fraction of sp³-hybridized carbons (Fsp3) is 0.545. The van der Waals surface area contributed by atoms with Crippen molar-refractivity contribution in [2.45, 2.75) is 38.8 Å². The predicted molar refractivity (Wildman–Crippen MR) is 129 cm³/mol. The highest BCUT2D eigenvalue weighted by Crippen LogP contribution is 2.42. The van der Waals surface area contributed by atoms with E-state index in [0.29, 0.717) is 52.2 Å². The lowest BCUT2D eigenvalue weighted by molar-refractivity contribution is 0.0973. The standard InChI is InChI=1S/C22H29ClN8O2/c1-4-25-19-15(23)13(5-8-26-19)16-14-18(29-28-16)27-21(30(3)20(14)32)31-9-6-22(7-10-31)11-33-12(2)17(22)24/h5,8,12,17H,4,6-7,9-11,24H2,1-3H3,(H,25,26)(H,28,29)/t12-,17+/m0/s1. The largest absolute Gasteiger partial charge is 0.376 e. The number of H-pyrrole nitrogens is 1. The molecule has 11 heteroatoms. The Labute approximate surface area is 196 Å². The Hall–Kier alpha value is -2.69. The van der Waals surface area contributed by atoms with E-state index in [-0.39, 0.29) is 23.1 Å². The van der Waals surface area contributed by atoms with Gasteiger partial charge in [0.1, 0.15) is 16.9 Å². The molecule has 3 aromatic rings. The highest BCUT2D eigenvalue weighted by Gasteiger charge is 2.47. The SMILES string of the molecule is CCNc1nccc(-c2n[nH]c3nc(N4CCC5(CC4)CO[C@@H](C)[C@H]5N)n(C)c(=O)c23)c1Cl. The number of ether oxygens (including phenoxy) is 1. The molecule has 0 unspecified atom stereocenters. The third-order valence-electron chi connectivity index (χ3n) is 7.15. The van der Waals surface area contributed by atoms with Crippen LogP contribution in [0.15, 0.2) is 17.1 Å². The van der Waals surface area contributed by atoms with E-state index in [0.717, 1.165) is 25.9 Å². The summed E-state index contributed by atoms with van der Waals surface area (Å²) in [7, 11) is 1.75. The molecule has 3 aromatic heterocycles. The molecule has 0 bridgehead atoms. The van der Waals surface area contributed by atoms with E-state index < -0.39 is 0 Å². The number of nitrogens with zero attached hydrogens (tertiary/aromatic N) is 5. The molecule has 0 radical (unpaired) electrons. The van der Waals surface area contributed by atoms with E-state index in [1.807, 2.05) is 13.8 Å². The van der Waals surface area contributed by atoms with Gasteiger partial charge in [-0.3, -0.25) is 14.5 Å². The number of aromatic amines is 1. The molecule has 0 aromatic carbocycles. The molecule has 4 N–H and O–H groups in total. The molecule has 2 atom stereocenters. The maximum atomic E-state index is 13.4. The molecule has 0 amide bonds. The lowest BCUT2D eigenvalue weighted by Crippen LogP contribution is -2.51. The molecule has 2 aliphatic rings. The Bertz CT molecular complexity index is 1250. The van der Waals surface area contributed by atoms with E-state index in [4.69, 9.17) is 27.1 Å². The van der Waals surface area contributed by atoms with Crippen molar-refractivity contribution in [1.82, 2.24) is 24.7 Å². The van der Waals surface area contributed by atoms with Crippen molar-refractivity contribution in [3.63, 3.8) is 0 Å². The van der Waals surface area contributed by atoms with Gasteiger partial charge in [0.2, 0.25) is 5.95 Å². The van der Waals surface area contributed by atoms with Crippen LogP contribution in [0.2, 0.25) is 5.02 Å². The molecule has 0 aliphatic carbocycles. The Kier molecular flexibility index (Phi) is 5.54. The minimum absolute atomic E-state index is 0.00235. The smallest absolute Gasteiger partial charge is 0.266 e. The number of rotatable bonds is 4. The van der Waals surface area contributed by atoms with E-state index in [1.54, 1.807) is 23.9 Å². The highest BCUT2D eigenvalue weighted by atomic mass is 35.5. The number of anilines is 2. The average molecular weight is 473 g/mol. The van der Waals surface area contributed by atoms with E-state index in [9.17, 15) is 4.79 Å². The first-order chi connectivity index (χ1) is 15.9. The van der Waals surface area contributed by atoms with Crippen LogP contribution in [0.3, 0.4) is 0 Å².